The molecule has 1 unspecified atom stereocenters. The minimum absolute atomic E-state index is 0.0695. The summed E-state index contributed by atoms with van der Waals surface area (Å²) in [6.45, 7) is 6.62. The molecule has 0 saturated heterocycles. The second kappa shape index (κ2) is 54.2. The molecule has 0 aliphatic carbocycles. The molecule has 0 aromatic carbocycles. The molecule has 0 saturated carbocycles. The molecule has 6 nitrogen and oxygen atoms in total. The molecule has 0 spiro atoms. The summed E-state index contributed by atoms with van der Waals surface area (Å²) in [5.41, 5.74) is 0. The van der Waals surface area contributed by atoms with Crippen molar-refractivity contribution < 1.29 is 28.6 Å². The van der Waals surface area contributed by atoms with Crippen LogP contribution in [0, 0.1) is 0 Å². The highest BCUT2D eigenvalue weighted by Crippen LogP contribution is 2.16. The van der Waals surface area contributed by atoms with Gasteiger partial charge in [-0.2, -0.15) is 0 Å². The second-order valence-electron chi connectivity index (χ2n) is 19.2. The zero-order chi connectivity index (χ0) is 47.2. The summed E-state index contributed by atoms with van der Waals surface area (Å²) in [6.07, 6.45) is 64.4. The Kier molecular flexibility index (Phi) is 52.3. The summed E-state index contributed by atoms with van der Waals surface area (Å²) in [4.78, 5) is 37.9. The topological polar surface area (TPSA) is 78.9 Å². The predicted octanol–water partition coefficient (Wildman–Crippen LogP) is 18.9. The van der Waals surface area contributed by atoms with E-state index in [9.17, 15) is 14.4 Å². The van der Waals surface area contributed by atoms with Crippen molar-refractivity contribution in [2.24, 2.45) is 0 Å². The van der Waals surface area contributed by atoms with E-state index >= 15 is 0 Å². The zero-order valence-corrected chi connectivity index (χ0v) is 43.5. The first kappa shape index (κ1) is 62.6. The Labute approximate surface area is 404 Å². The molecule has 0 rings (SSSR count). The molecule has 0 aromatic heterocycles. The standard InChI is InChI=1S/C59H108O6/c1-4-7-10-13-16-18-20-22-24-25-26-27-28-29-30-31-32-33-35-36-38-40-43-46-49-52-58(61)64-55-56(54-63-57(60)51-48-45-42-15-12-9-6-3)65-59(62)53-50-47-44-41-39-37-34-23-21-19-17-14-11-8-5-2/h20,22,25-26,28-29,56H,4-19,21,23-24,27,30-55H2,1-3H3/b22-20-,26-25-,29-28-. The van der Waals surface area contributed by atoms with Crippen LogP contribution in [-0.4, -0.2) is 37.2 Å². The highest BCUT2D eigenvalue weighted by atomic mass is 16.6. The van der Waals surface area contributed by atoms with E-state index in [1.807, 2.05) is 0 Å². The Morgan fingerprint density at radius 1 is 0.308 bits per heavy atom. The molecule has 0 heterocycles. The van der Waals surface area contributed by atoms with Crippen molar-refractivity contribution >= 4 is 17.9 Å². The van der Waals surface area contributed by atoms with Gasteiger partial charge in [-0.05, 0) is 57.8 Å². The number of esters is 3. The first-order valence-electron chi connectivity index (χ1n) is 28.5. The van der Waals surface area contributed by atoms with Gasteiger partial charge in [-0.1, -0.05) is 263 Å². The Morgan fingerprint density at radius 3 is 0.862 bits per heavy atom. The van der Waals surface area contributed by atoms with Gasteiger partial charge in [0.25, 0.3) is 0 Å². The lowest BCUT2D eigenvalue weighted by Gasteiger charge is -2.18. The third-order valence-corrected chi connectivity index (χ3v) is 12.6. The van der Waals surface area contributed by atoms with Gasteiger partial charge >= 0.3 is 17.9 Å². The van der Waals surface area contributed by atoms with Crippen LogP contribution in [0.3, 0.4) is 0 Å². The van der Waals surface area contributed by atoms with Gasteiger partial charge in [0.15, 0.2) is 6.10 Å². The molecule has 1 atom stereocenters. The van der Waals surface area contributed by atoms with Gasteiger partial charge in [0.1, 0.15) is 13.2 Å². The third kappa shape index (κ3) is 52.5. The maximum atomic E-state index is 12.8. The Bertz CT molecular complexity index is 1090. The van der Waals surface area contributed by atoms with Crippen LogP contribution in [0.15, 0.2) is 36.5 Å². The van der Waals surface area contributed by atoms with Crippen molar-refractivity contribution in [3.05, 3.63) is 36.5 Å². The zero-order valence-electron chi connectivity index (χ0n) is 43.5. The summed E-state index contributed by atoms with van der Waals surface area (Å²) < 4.78 is 16.8. The lowest BCUT2D eigenvalue weighted by atomic mass is 10.0. The maximum Gasteiger partial charge on any atom is 0.306 e. The van der Waals surface area contributed by atoms with Gasteiger partial charge in [0, 0.05) is 19.3 Å². The highest BCUT2D eigenvalue weighted by Gasteiger charge is 2.19. The Balaban J connectivity index is 4.13. The molecular formula is C59H108O6. The number of carbonyl (C=O) groups excluding carboxylic acids is 3. The normalized spacial score (nSPS) is 12.2. The molecule has 0 amide bonds. The number of hydrogen-bond donors (Lipinski definition) is 0. The number of hydrogen-bond acceptors (Lipinski definition) is 6. The van der Waals surface area contributed by atoms with Gasteiger partial charge in [-0.3, -0.25) is 14.4 Å². The summed E-state index contributed by atoms with van der Waals surface area (Å²) in [5, 5.41) is 0. The average molecular weight is 914 g/mol. The van der Waals surface area contributed by atoms with Gasteiger partial charge in [0.05, 0.1) is 0 Å². The first-order chi connectivity index (χ1) is 32.0. The Morgan fingerprint density at radius 2 is 0.554 bits per heavy atom. The summed E-state index contributed by atoms with van der Waals surface area (Å²) in [5.74, 6) is -0.865. The first-order valence-corrected chi connectivity index (χ1v) is 28.5. The van der Waals surface area contributed by atoms with Gasteiger partial charge in [-0.25, -0.2) is 0 Å². The van der Waals surface area contributed by atoms with Crippen LogP contribution in [0.1, 0.15) is 303 Å². The van der Waals surface area contributed by atoms with Gasteiger partial charge in [-0.15, -0.1) is 0 Å². The van der Waals surface area contributed by atoms with E-state index in [0.717, 1.165) is 70.6 Å². The van der Waals surface area contributed by atoms with Crippen LogP contribution in [-0.2, 0) is 28.6 Å². The largest absolute Gasteiger partial charge is 0.462 e. The lowest BCUT2D eigenvalue weighted by molar-refractivity contribution is -0.167. The minimum Gasteiger partial charge on any atom is -0.462 e. The predicted molar refractivity (Wildman–Crippen MR) is 279 cm³/mol. The van der Waals surface area contributed by atoms with Crippen LogP contribution < -0.4 is 0 Å². The van der Waals surface area contributed by atoms with Crippen LogP contribution >= 0.6 is 0 Å². The van der Waals surface area contributed by atoms with Crippen molar-refractivity contribution in [2.45, 2.75) is 309 Å². The van der Waals surface area contributed by atoms with E-state index in [1.165, 1.54) is 193 Å². The second-order valence-corrected chi connectivity index (χ2v) is 19.2. The fourth-order valence-electron chi connectivity index (χ4n) is 8.33. The molecule has 0 radical (unpaired) electrons. The molecule has 0 aliphatic heterocycles. The average Bonchev–Trinajstić information content (AvgIpc) is 3.30. The van der Waals surface area contributed by atoms with E-state index in [0.29, 0.717) is 19.3 Å². The number of unbranched alkanes of at least 4 members (excludes halogenated alkanes) is 35. The van der Waals surface area contributed by atoms with Crippen molar-refractivity contribution in [1.29, 1.82) is 0 Å². The maximum absolute atomic E-state index is 12.8. The Hall–Kier alpha value is -2.37. The van der Waals surface area contributed by atoms with Crippen LogP contribution in [0.4, 0.5) is 0 Å². The van der Waals surface area contributed by atoms with Crippen molar-refractivity contribution in [1.82, 2.24) is 0 Å². The van der Waals surface area contributed by atoms with Crippen LogP contribution in [0.2, 0.25) is 0 Å². The molecule has 0 bridgehead atoms. The monoisotopic (exact) mass is 913 g/mol. The molecule has 65 heavy (non-hydrogen) atoms. The SMILES string of the molecule is CCCCCCC/C=C\C/C=C\C/C=C\CCCCCCCCCCCCC(=O)OCC(COC(=O)CCCCCCCCC)OC(=O)CCCCCCCCCCCCCCCCC. The number of ether oxygens (including phenoxy) is 3. The van der Waals surface area contributed by atoms with Crippen molar-refractivity contribution in [2.75, 3.05) is 13.2 Å². The quantitative estimate of drug-likeness (QED) is 0.0262. The molecule has 0 aromatic rings. The summed E-state index contributed by atoms with van der Waals surface area (Å²) in [6, 6.07) is 0. The molecule has 6 heteroatoms. The van der Waals surface area contributed by atoms with Crippen molar-refractivity contribution in [3.8, 4) is 0 Å². The van der Waals surface area contributed by atoms with Gasteiger partial charge < -0.3 is 14.2 Å². The molecule has 0 aliphatic rings. The van der Waals surface area contributed by atoms with E-state index in [1.54, 1.807) is 0 Å². The fraction of sp³-hybridized carbons (Fsp3) is 0.847. The molecule has 380 valence electrons. The van der Waals surface area contributed by atoms with E-state index in [4.69, 9.17) is 14.2 Å². The number of carbonyl (C=O) groups is 3. The summed E-state index contributed by atoms with van der Waals surface area (Å²) >= 11 is 0. The lowest BCUT2D eigenvalue weighted by Crippen LogP contribution is -2.30. The van der Waals surface area contributed by atoms with Gasteiger partial charge in [0.2, 0.25) is 0 Å². The number of allylic oxidation sites excluding steroid dienone is 6. The van der Waals surface area contributed by atoms with Crippen molar-refractivity contribution in [3.63, 3.8) is 0 Å². The molecular weight excluding hydrogens is 805 g/mol. The summed E-state index contributed by atoms with van der Waals surface area (Å²) in [7, 11) is 0. The van der Waals surface area contributed by atoms with Crippen LogP contribution in [0.25, 0.3) is 0 Å². The van der Waals surface area contributed by atoms with E-state index in [2.05, 4.69) is 57.2 Å². The minimum atomic E-state index is -0.767. The smallest absolute Gasteiger partial charge is 0.306 e. The molecule has 0 N–H and O–H groups in total. The number of rotatable bonds is 52. The van der Waals surface area contributed by atoms with Crippen LogP contribution in [0.5, 0.6) is 0 Å². The highest BCUT2D eigenvalue weighted by molar-refractivity contribution is 5.71. The third-order valence-electron chi connectivity index (χ3n) is 12.6. The molecule has 0 fully saturated rings. The van der Waals surface area contributed by atoms with E-state index < -0.39 is 6.10 Å². The fourth-order valence-corrected chi connectivity index (χ4v) is 8.33. The van der Waals surface area contributed by atoms with E-state index in [-0.39, 0.29) is 31.1 Å².